The molecule has 6 heteroatoms. The molecule has 2 atom stereocenters. The lowest BCUT2D eigenvalue weighted by Crippen LogP contribution is -2.25. The molecule has 128 valence electrons. The fourth-order valence-electron chi connectivity index (χ4n) is 3.08. The van der Waals surface area contributed by atoms with Gasteiger partial charge in [0.1, 0.15) is 16.6 Å². The predicted octanol–water partition coefficient (Wildman–Crippen LogP) is 4.24. The summed E-state index contributed by atoms with van der Waals surface area (Å²) in [5.41, 5.74) is 1.86. The summed E-state index contributed by atoms with van der Waals surface area (Å²) in [5.74, 6) is 1.02. The zero-order valence-electron chi connectivity index (χ0n) is 13.8. The minimum Gasteiger partial charge on any atom is -0.493 e. The first-order chi connectivity index (χ1) is 12.2. The molecular formula is C19H18FN3OS. The second kappa shape index (κ2) is 6.80. The molecule has 2 aromatic carbocycles. The number of anilines is 1. The van der Waals surface area contributed by atoms with Crippen LogP contribution in [0.4, 0.5) is 9.52 Å². The maximum atomic E-state index is 13.8. The van der Waals surface area contributed by atoms with Crippen molar-refractivity contribution in [1.82, 2.24) is 10.2 Å². The van der Waals surface area contributed by atoms with Gasteiger partial charge in [-0.25, -0.2) is 4.39 Å². The first kappa shape index (κ1) is 16.0. The molecule has 4 nitrogen and oxygen atoms in total. The molecule has 1 N–H and O–H groups in total. The smallest absolute Gasteiger partial charge is 0.205 e. The molecular weight excluding hydrogens is 337 g/mol. The van der Waals surface area contributed by atoms with Crippen molar-refractivity contribution in [3.05, 3.63) is 70.5 Å². The van der Waals surface area contributed by atoms with Gasteiger partial charge in [-0.1, -0.05) is 47.7 Å². The Bertz CT molecular complexity index is 882. The molecule has 1 aromatic heterocycles. The summed E-state index contributed by atoms with van der Waals surface area (Å²) < 4.78 is 19.5. The van der Waals surface area contributed by atoms with Crippen LogP contribution in [0.25, 0.3) is 0 Å². The molecule has 0 saturated carbocycles. The van der Waals surface area contributed by atoms with Gasteiger partial charge >= 0.3 is 0 Å². The molecule has 0 radical (unpaired) electrons. The Balaban J connectivity index is 1.44. The van der Waals surface area contributed by atoms with Gasteiger partial charge in [-0.15, -0.1) is 10.2 Å². The number of aromatic nitrogens is 2. The van der Waals surface area contributed by atoms with Gasteiger partial charge in [0.25, 0.3) is 0 Å². The molecule has 0 spiro atoms. The van der Waals surface area contributed by atoms with Crippen molar-refractivity contribution >= 4 is 16.5 Å². The molecule has 0 saturated heterocycles. The van der Waals surface area contributed by atoms with Crippen molar-refractivity contribution in [3.8, 4) is 5.75 Å². The van der Waals surface area contributed by atoms with Crippen LogP contribution in [0, 0.1) is 5.82 Å². The SMILES string of the molecule is CC(Nc1nnc(Cc2ccccc2F)s1)C1COc2ccccc21. The van der Waals surface area contributed by atoms with Crippen molar-refractivity contribution in [2.45, 2.75) is 25.3 Å². The monoisotopic (exact) mass is 355 g/mol. The quantitative estimate of drug-likeness (QED) is 0.743. The third-order valence-electron chi connectivity index (χ3n) is 4.46. The summed E-state index contributed by atoms with van der Waals surface area (Å²) in [6.45, 7) is 2.78. The molecule has 2 heterocycles. The minimum atomic E-state index is -0.208. The summed E-state index contributed by atoms with van der Waals surface area (Å²) >= 11 is 1.46. The summed E-state index contributed by atoms with van der Waals surface area (Å²) in [6.07, 6.45) is 0.454. The number of rotatable bonds is 5. The highest BCUT2D eigenvalue weighted by Gasteiger charge is 2.29. The van der Waals surface area contributed by atoms with Crippen LogP contribution in [0.15, 0.2) is 48.5 Å². The summed E-state index contributed by atoms with van der Waals surface area (Å²) in [7, 11) is 0. The van der Waals surface area contributed by atoms with Gasteiger partial charge in [0.05, 0.1) is 6.61 Å². The number of nitrogens with one attached hydrogen (secondary N) is 1. The molecule has 2 unspecified atom stereocenters. The Hall–Kier alpha value is -2.47. The lowest BCUT2D eigenvalue weighted by Gasteiger charge is -2.18. The van der Waals surface area contributed by atoms with Crippen LogP contribution in [-0.2, 0) is 6.42 Å². The topological polar surface area (TPSA) is 47.0 Å². The molecule has 4 rings (SSSR count). The third kappa shape index (κ3) is 3.35. The lowest BCUT2D eigenvalue weighted by atomic mass is 9.95. The third-order valence-corrected chi connectivity index (χ3v) is 5.31. The van der Waals surface area contributed by atoms with Gasteiger partial charge in [-0.3, -0.25) is 0 Å². The van der Waals surface area contributed by atoms with Crippen molar-refractivity contribution in [1.29, 1.82) is 0 Å². The Kier molecular flexibility index (Phi) is 4.36. The standard InChI is InChI=1S/C19H18FN3OS/c1-12(15-11-24-17-9-5-3-7-14(15)17)21-19-23-22-18(25-19)10-13-6-2-4-8-16(13)20/h2-9,12,15H,10-11H2,1H3,(H,21,23). The highest BCUT2D eigenvalue weighted by atomic mass is 32.1. The molecule has 0 aliphatic carbocycles. The average molecular weight is 355 g/mol. The number of fused-ring (bicyclic) bond motifs is 1. The van der Waals surface area contributed by atoms with Gasteiger partial charge in [0.2, 0.25) is 5.13 Å². The maximum Gasteiger partial charge on any atom is 0.205 e. The van der Waals surface area contributed by atoms with Crippen LogP contribution in [0.3, 0.4) is 0 Å². The fraction of sp³-hybridized carbons (Fsp3) is 0.263. The number of ether oxygens (including phenoxy) is 1. The summed E-state index contributed by atoms with van der Waals surface area (Å²) in [4.78, 5) is 0. The molecule has 1 aliphatic rings. The summed E-state index contributed by atoms with van der Waals surface area (Å²) in [6, 6.07) is 15.1. The Morgan fingerprint density at radius 2 is 2.00 bits per heavy atom. The van der Waals surface area contributed by atoms with Crippen molar-refractivity contribution in [3.63, 3.8) is 0 Å². The minimum absolute atomic E-state index is 0.165. The average Bonchev–Trinajstić information content (AvgIpc) is 3.23. The van der Waals surface area contributed by atoms with E-state index in [0.29, 0.717) is 18.6 Å². The van der Waals surface area contributed by atoms with E-state index in [1.54, 1.807) is 12.1 Å². The first-order valence-electron chi connectivity index (χ1n) is 8.25. The van der Waals surface area contributed by atoms with Crippen LogP contribution in [0.1, 0.15) is 29.0 Å². The van der Waals surface area contributed by atoms with Gasteiger partial charge < -0.3 is 10.1 Å². The lowest BCUT2D eigenvalue weighted by molar-refractivity contribution is 0.322. The molecule has 3 aromatic rings. The van der Waals surface area contributed by atoms with E-state index in [1.165, 1.54) is 23.0 Å². The van der Waals surface area contributed by atoms with Crippen LogP contribution in [0.2, 0.25) is 0 Å². The van der Waals surface area contributed by atoms with E-state index in [1.807, 2.05) is 24.3 Å². The van der Waals surface area contributed by atoms with Crippen molar-refractivity contribution in [2.24, 2.45) is 0 Å². The second-order valence-corrected chi connectivity index (χ2v) is 7.22. The number of halogens is 1. The number of hydrogen-bond donors (Lipinski definition) is 1. The van der Waals surface area contributed by atoms with Gasteiger partial charge in [-0.05, 0) is 24.6 Å². The van der Waals surface area contributed by atoms with Crippen LogP contribution in [0.5, 0.6) is 5.75 Å². The van der Waals surface area contributed by atoms with E-state index in [4.69, 9.17) is 4.74 Å². The maximum absolute atomic E-state index is 13.8. The zero-order valence-corrected chi connectivity index (χ0v) is 14.6. The van der Waals surface area contributed by atoms with E-state index in [2.05, 4.69) is 28.5 Å². The molecule has 0 fully saturated rings. The Labute approximate surface area is 149 Å². The fourth-order valence-corrected chi connectivity index (χ4v) is 3.94. The highest BCUT2D eigenvalue weighted by Crippen LogP contribution is 2.36. The predicted molar refractivity (Wildman–Crippen MR) is 96.9 cm³/mol. The highest BCUT2D eigenvalue weighted by molar-refractivity contribution is 7.15. The molecule has 1 aliphatic heterocycles. The van der Waals surface area contributed by atoms with Crippen LogP contribution < -0.4 is 10.1 Å². The largest absolute Gasteiger partial charge is 0.493 e. The zero-order chi connectivity index (χ0) is 17.2. The number of benzene rings is 2. The van der Waals surface area contributed by atoms with Crippen molar-refractivity contribution < 1.29 is 9.13 Å². The van der Waals surface area contributed by atoms with E-state index < -0.39 is 0 Å². The van der Waals surface area contributed by atoms with E-state index in [9.17, 15) is 4.39 Å². The second-order valence-electron chi connectivity index (χ2n) is 6.16. The van der Waals surface area contributed by atoms with E-state index in [-0.39, 0.29) is 17.8 Å². The number of hydrogen-bond acceptors (Lipinski definition) is 5. The molecule has 0 amide bonds. The van der Waals surface area contributed by atoms with Gasteiger partial charge in [0.15, 0.2) is 0 Å². The number of para-hydroxylation sites is 1. The molecule has 0 bridgehead atoms. The van der Waals surface area contributed by atoms with E-state index in [0.717, 1.165) is 15.9 Å². The Morgan fingerprint density at radius 1 is 1.20 bits per heavy atom. The number of nitrogens with zero attached hydrogens (tertiary/aromatic N) is 2. The normalized spacial score (nSPS) is 17.0. The first-order valence-corrected chi connectivity index (χ1v) is 9.06. The van der Waals surface area contributed by atoms with Crippen molar-refractivity contribution in [2.75, 3.05) is 11.9 Å². The van der Waals surface area contributed by atoms with Gasteiger partial charge in [-0.2, -0.15) is 0 Å². The molecule has 25 heavy (non-hydrogen) atoms. The van der Waals surface area contributed by atoms with Crippen LogP contribution in [-0.4, -0.2) is 22.8 Å². The Morgan fingerprint density at radius 3 is 2.88 bits per heavy atom. The van der Waals surface area contributed by atoms with Crippen LogP contribution >= 0.6 is 11.3 Å². The van der Waals surface area contributed by atoms with E-state index >= 15 is 0 Å². The summed E-state index contributed by atoms with van der Waals surface area (Å²) in [5, 5.41) is 13.4. The van der Waals surface area contributed by atoms with Gasteiger partial charge in [0, 0.05) is 23.9 Å².